The maximum Gasteiger partial charge on any atom is 0.305 e. The Balaban J connectivity index is 3.37. The summed E-state index contributed by atoms with van der Waals surface area (Å²) in [5.41, 5.74) is 0. The molecule has 0 rings (SSSR count). The smallest absolute Gasteiger partial charge is 0.305 e. The number of aliphatic hydroxyl groups is 3. The van der Waals surface area contributed by atoms with Crippen molar-refractivity contribution in [3.63, 3.8) is 0 Å². The summed E-state index contributed by atoms with van der Waals surface area (Å²) < 4.78 is 9.97. The summed E-state index contributed by atoms with van der Waals surface area (Å²) in [4.78, 5) is 11.5. The Morgan fingerprint density at radius 2 is 1.38 bits per heavy atom. The van der Waals surface area contributed by atoms with Gasteiger partial charge in [-0.05, 0) is 6.42 Å². The SMILES string of the molecule is CCCCCCCCCCCC(=O)OCC(O)COCC(O)CO. The maximum absolute atomic E-state index is 11.5. The molecule has 0 radical (unpaired) electrons. The normalized spacial score (nSPS) is 13.7. The maximum atomic E-state index is 11.5. The van der Waals surface area contributed by atoms with Crippen molar-refractivity contribution < 1.29 is 29.6 Å². The minimum Gasteiger partial charge on any atom is -0.463 e. The van der Waals surface area contributed by atoms with Gasteiger partial charge in [0.1, 0.15) is 18.8 Å². The predicted octanol–water partition coefficient (Wildman–Crippen LogP) is 2.18. The van der Waals surface area contributed by atoms with Crippen molar-refractivity contribution in [2.75, 3.05) is 26.4 Å². The molecule has 0 aromatic heterocycles. The van der Waals surface area contributed by atoms with Crippen molar-refractivity contribution in [2.45, 2.75) is 83.3 Å². The first kappa shape index (κ1) is 23.3. The van der Waals surface area contributed by atoms with E-state index in [4.69, 9.17) is 19.7 Å². The lowest BCUT2D eigenvalue weighted by atomic mass is 10.1. The quantitative estimate of drug-likeness (QED) is 0.275. The molecule has 6 heteroatoms. The average Bonchev–Trinajstić information content (AvgIpc) is 2.58. The standard InChI is InChI=1S/C18H36O6/c1-2-3-4-5-6-7-8-9-10-11-18(22)24-15-17(21)14-23-13-16(20)12-19/h16-17,19-21H,2-15H2,1H3. The molecule has 0 amide bonds. The van der Waals surface area contributed by atoms with Crippen LogP contribution in [-0.2, 0) is 14.3 Å². The molecule has 0 aliphatic carbocycles. The fourth-order valence-corrected chi connectivity index (χ4v) is 2.28. The van der Waals surface area contributed by atoms with Crippen molar-refractivity contribution in [3.8, 4) is 0 Å². The van der Waals surface area contributed by atoms with Crippen LogP contribution in [0.25, 0.3) is 0 Å². The fraction of sp³-hybridized carbons (Fsp3) is 0.944. The Morgan fingerprint density at radius 1 is 0.833 bits per heavy atom. The number of hydrogen-bond donors (Lipinski definition) is 3. The van der Waals surface area contributed by atoms with Crippen LogP contribution < -0.4 is 0 Å². The van der Waals surface area contributed by atoms with E-state index in [1.807, 2.05) is 0 Å². The van der Waals surface area contributed by atoms with Crippen molar-refractivity contribution in [1.29, 1.82) is 0 Å². The first-order valence-electron chi connectivity index (χ1n) is 9.30. The van der Waals surface area contributed by atoms with E-state index in [1.165, 1.54) is 38.5 Å². The highest BCUT2D eigenvalue weighted by atomic mass is 16.5. The van der Waals surface area contributed by atoms with Gasteiger partial charge in [-0.1, -0.05) is 58.3 Å². The molecule has 0 aromatic rings. The van der Waals surface area contributed by atoms with Gasteiger partial charge in [0.05, 0.1) is 19.8 Å². The lowest BCUT2D eigenvalue weighted by molar-refractivity contribution is -0.148. The van der Waals surface area contributed by atoms with E-state index in [0.717, 1.165) is 19.3 Å². The van der Waals surface area contributed by atoms with Crippen LogP contribution in [0, 0.1) is 0 Å². The summed E-state index contributed by atoms with van der Waals surface area (Å²) in [5.74, 6) is -0.299. The van der Waals surface area contributed by atoms with Gasteiger partial charge in [-0.2, -0.15) is 0 Å². The summed E-state index contributed by atoms with van der Waals surface area (Å²) in [6.07, 6.45) is 9.27. The third kappa shape index (κ3) is 16.2. The van der Waals surface area contributed by atoms with Gasteiger partial charge < -0.3 is 24.8 Å². The Morgan fingerprint density at radius 3 is 1.96 bits per heavy atom. The molecule has 0 bridgehead atoms. The second-order valence-corrected chi connectivity index (χ2v) is 6.29. The molecule has 0 aliphatic rings. The van der Waals surface area contributed by atoms with Crippen LogP contribution in [0.1, 0.15) is 71.1 Å². The monoisotopic (exact) mass is 348 g/mol. The molecule has 3 N–H and O–H groups in total. The topological polar surface area (TPSA) is 96.2 Å². The van der Waals surface area contributed by atoms with Crippen molar-refractivity contribution >= 4 is 5.97 Å². The molecule has 24 heavy (non-hydrogen) atoms. The van der Waals surface area contributed by atoms with E-state index in [1.54, 1.807) is 0 Å². The molecule has 0 fully saturated rings. The first-order chi connectivity index (χ1) is 11.6. The lowest BCUT2D eigenvalue weighted by Gasteiger charge is -2.13. The van der Waals surface area contributed by atoms with E-state index in [9.17, 15) is 9.90 Å². The molecule has 0 spiro atoms. The molecule has 2 atom stereocenters. The number of carbonyl (C=O) groups excluding carboxylic acids is 1. The minimum atomic E-state index is -0.952. The van der Waals surface area contributed by atoms with Gasteiger partial charge in [-0.3, -0.25) is 4.79 Å². The third-order valence-corrected chi connectivity index (χ3v) is 3.75. The summed E-state index contributed by atoms with van der Waals surface area (Å²) in [6.45, 7) is 1.63. The first-order valence-corrected chi connectivity index (χ1v) is 9.30. The zero-order valence-electron chi connectivity index (χ0n) is 15.1. The molecule has 144 valence electrons. The van der Waals surface area contributed by atoms with Crippen LogP contribution in [0.15, 0.2) is 0 Å². The zero-order chi connectivity index (χ0) is 18.0. The number of rotatable bonds is 17. The molecule has 2 unspecified atom stereocenters. The second kappa shape index (κ2) is 17.1. The lowest BCUT2D eigenvalue weighted by Crippen LogP contribution is -2.27. The fourth-order valence-electron chi connectivity index (χ4n) is 2.28. The molecule has 6 nitrogen and oxygen atoms in total. The Bertz CT molecular complexity index is 285. The molecule has 0 saturated carbocycles. The van der Waals surface area contributed by atoms with Crippen LogP contribution in [-0.4, -0.2) is 59.9 Å². The molecular weight excluding hydrogens is 312 g/mol. The number of unbranched alkanes of at least 4 members (excludes halogenated alkanes) is 8. The van der Waals surface area contributed by atoms with E-state index >= 15 is 0 Å². The molecular formula is C18H36O6. The number of ether oxygens (including phenoxy) is 2. The Labute approximate surface area is 146 Å². The van der Waals surface area contributed by atoms with E-state index < -0.39 is 12.2 Å². The molecule has 0 saturated heterocycles. The molecule has 0 aliphatic heterocycles. The molecule has 0 aromatic carbocycles. The van der Waals surface area contributed by atoms with E-state index in [0.29, 0.717) is 6.42 Å². The highest BCUT2D eigenvalue weighted by Gasteiger charge is 2.10. The highest BCUT2D eigenvalue weighted by Crippen LogP contribution is 2.10. The number of hydrogen-bond acceptors (Lipinski definition) is 6. The van der Waals surface area contributed by atoms with Crippen molar-refractivity contribution in [1.82, 2.24) is 0 Å². The minimum absolute atomic E-state index is 0.0393. The van der Waals surface area contributed by atoms with Crippen LogP contribution >= 0.6 is 0 Å². The second-order valence-electron chi connectivity index (χ2n) is 6.29. The summed E-state index contributed by atoms with van der Waals surface area (Å²) in [5, 5.41) is 27.2. The van der Waals surface area contributed by atoms with Gasteiger partial charge in [0, 0.05) is 6.42 Å². The van der Waals surface area contributed by atoms with Crippen LogP contribution in [0.2, 0.25) is 0 Å². The van der Waals surface area contributed by atoms with Crippen molar-refractivity contribution in [2.24, 2.45) is 0 Å². The van der Waals surface area contributed by atoms with Gasteiger partial charge in [-0.15, -0.1) is 0 Å². The number of carbonyl (C=O) groups is 1. The van der Waals surface area contributed by atoms with Crippen molar-refractivity contribution in [3.05, 3.63) is 0 Å². The van der Waals surface area contributed by atoms with Crippen LogP contribution in [0.5, 0.6) is 0 Å². The van der Waals surface area contributed by atoms with Gasteiger partial charge >= 0.3 is 5.97 Å². The van der Waals surface area contributed by atoms with E-state index in [2.05, 4.69) is 6.92 Å². The van der Waals surface area contributed by atoms with Gasteiger partial charge in [0.15, 0.2) is 0 Å². The Hall–Kier alpha value is -0.690. The van der Waals surface area contributed by atoms with E-state index in [-0.39, 0.29) is 32.4 Å². The summed E-state index contributed by atoms with van der Waals surface area (Å²) in [7, 11) is 0. The number of aliphatic hydroxyl groups excluding tert-OH is 3. The predicted molar refractivity (Wildman–Crippen MR) is 92.7 cm³/mol. The number of esters is 1. The molecule has 0 heterocycles. The largest absolute Gasteiger partial charge is 0.463 e. The summed E-state index contributed by atoms with van der Waals surface area (Å²) >= 11 is 0. The average molecular weight is 348 g/mol. The summed E-state index contributed by atoms with van der Waals surface area (Å²) in [6, 6.07) is 0. The van der Waals surface area contributed by atoms with Gasteiger partial charge in [-0.25, -0.2) is 0 Å². The van der Waals surface area contributed by atoms with Crippen LogP contribution in [0.3, 0.4) is 0 Å². The highest BCUT2D eigenvalue weighted by molar-refractivity contribution is 5.69. The Kier molecular flexibility index (Phi) is 16.7. The van der Waals surface area contributed by atoms with Gasteiger partial charge in [0.25, 0.3) is 0 Å². The third-order valence-electron chi connectivity index (χ3n) is 3.75. The van der Waals surface area contributed by atoms with Gasteiger partial charge in [0.2, 0.25) is 0 Å². The van der Waals surface area contributed by atoms with Crippen LogP contribution in [0.4, 0.5) is 0 Å². The zero-order valence-corrected chi connectivity index (χ0v) is 15.1.